The normalized spacial score (nSPS) is 12.3. The average molecular weight is 813 g/mol. The van der Waals surface area contributed by atoms with E-state index in [0.29, 0.717) is 33.5 Å². The highest BCUT2D eigenvalue weighted by molar-refractivity contribution is 6.74. The Balaban J connectivity index is 1.88. The number of halogens is 1. The van der Waals surface area contributed by atoms with Gasteiger partial charge in [0.25, 0.3) is 5.91 Å². The number of hydrogen-bond donors (Lipinski definition) is 1. The largest absolute Gasteiger partial charge is 0.469 e. The van der Waals surface area contributed by atoms with E-state index in [1.54, 1.807) is 24.3 Å². The molecular weight excluding hydrogens is 760 g/mol. The molecule has 58 heavy (non-hydrogen) atoms. The number of benzene rings is 3. The molecular formula is C45H53FN2O9Si. The first-order valence-corrected chi connectivity index (χ1v) is 21.9. The van der Waals surface area contributed by atoms with Gasteiger partial charge in [0.2, 0.25) is 0 Å². The number of nitrogens with zero attached hydrogens (tertiary/aromatic N) is 1. The van der Waals surface area contributed by atoms with Crippen LogP contribution in [-0.2, 0) is 34.8 Å². The molecule has 1 atom stereocenters. The van der Waals surface area contributed by atoms with Crippen LogP contribution in [0, 0.1) is 5.82 Å². The molecule has 0 spiro atoms. The second-order valence-corrected chi connectivity index (χ2v) is 20.4. The first-order valence-electron chi connectivity index (χ1n) is 19.0. The number of ether oxygens (including phenoxy) is 3. The molecule has 1 N–H and O–H groups in total. The second kappa shape index (κ2) is 19.2. The summed E-state index contributed by atoms with van der Waals surface area (Å²) in [6, 6.07) is 19.4. The Kier molecular flexibility index (Phi) is 14.9. The molecule has 4 aromatic rings. The molecule has 308 valence electrons. The van der Waals surface area contributed by atoms with Crippen molar-refractivity contribution in [1.82, 2.24) is 9.88 Å². The standard InChI is InChI=1S/C45H53FN2O9Si/c1-28(2)48-37(23-21-33(49)25-34(26-38(50)54-6)57-58(9,10)45(3,4)5)39(31-17-19-32(46)20-18-31)40(30-14-12-11-13-15-30)41(48)42(51)47-27-29-16-22-35(43(52)55-7)36(24-29)44(53)56-8/h11-24,28,34H,25-27H2,1-10H3,(H,47,51)/b23-21+/t34-/m1/s1. The number of ketones is 1. The molecule has 0 fully saturated rings. The molecule has 0 aliphatic rings. The predicted molar refractivity (Wildman–Crippen MR) is 223 cm³/mol. The fourth-order valence-electron chi connectivity index (χ4n) is 6.34. The number of carbonyl (C=O) groups is 5. The number of aromatic nitrogens is 1. The van der Waals surface area contributed by atoms with Crippen LogP contribution < -0.4 is 5.32 Å². The maximum absolute atomic E-state index is 14.6. The zero-order valence-electron chi connectivity index (χ0n) is 34.9. The summed E-state index contributed by atoms with van der Waals surface area (Å²) < 4.78 is 37.4. The Morgan fingerprint density at radius 2 is 1.40 bits per heavy atom. The van der Waals surface area contributed by atoms with Crippen LogP contribution in [0.2, 0.25) is 18.1 Å². The first-order chi connectivity index (χ1) is 27.3. The lowest BCUT2D eigenvalue weighted by molar-refractivity contribution is -0.142. The van der Waals surface area contributed by atoms with Crippen LogP contribution in [0.1, 0.15) is 96.0 Å². The summed E-state index contributed by atoms with van der Waals surface area (Å²) in [5, 5.41) is 2.80. The van der Waals surface area contributed by atoms with E-state index in [0.717, 1.165) is 0 Å². The molecule has 0 bridgehead atoms. The van der Waals surface area contributed by atoms with E-state index in [1.165, 1.54) is 51.7 Å². The zero-order valence-corrected chi connectivity index (χ0v) is 35.9. The third-order valence-corrected chi connectivity index (χ3v) is 14.8. The van der Waals surface area contributed by atoms with E-state index < -0.39 is 44.1 Å². The van der Waals surface area contributed by atoms with Crippen LogP contribution in [0.4, 0.5) is 4.39 Å². The van der Waals surface area contributed by atoms with Crippen molar-refractivity contribution in [1.29, 1.82) is 0 Å². The molecule has 0 radical (unpaired) electrons. The average Bonchev–Trinajstić information content (AvgIpc) is 3.53. The summed E-state index contributed by atoms with van der Waals surface area (Å²) in [6.07, 6.45) is 2.17. The van der Waals surface area contributed by atoms with Gasteiger partial charge in [-0.3, -0.25) is 14.4 Å². The van der Waals surface area contributed by atoms with Gasteiger partial charge in [0.05, 0.1) is 50.7 Å². The van der Waals surface area contributed by atoms with Gasteiger partial charge in [0.1, 0.15) is 11.5 Å². The van der Waals surface area contributed by atoms with Crippen LogP contribution >= 0.6 is 0 Å². The number of amides is 1. The van der Waals surface area contributed by atoms with E-state index in [4.69, 9.17) is 18.6 Å². The smallest absolute Gasteiger partial charge is 0.338 e. The number of allylic oxidation sites excluding steroid dienone is 1. The van der Waals surface area contributed by atoms with Crippen LogP contribution in [0.25, 0.3) is 28.3 Å². The molecule has 3 aromatic carbocycles. The highest BCUT2D eigenvalue weighted by Crippen LogP contribution is 2.43. The Morgan fingerprint density at radius 3 is 1.97 bits per heavy atom. The van der Waals surface area contributed by atoms with Crippen molar-refractivity contribution in [3.8, 4) is 22.3 Å². The third-order valence-electron chi connectivity index (χ3n) is 10.3. The number of methoxy groups -OCH3 is 3. The number of hydrogen-bond acceptors (Lipinski definition) is 9. The Morgan fingerprint density at radius 1 is 0.793 bits per heavy atom. The lowest BCUT2D eigenvalue weighted by Crippen LogP contribution is -2.44. The fraction of sp³-hybridized carbons (Fsp3) is 0.356. The quantitative estimate of drug-likeness (QED) is 0.0508. The van der Waals surface area contributed by atoms with Gasteiger partial charge in [-0.15, -0.1) is 0 Å². The van der Waals surface area contributed by atoms with Crippen LogP contribution in [0.15, 0.2) is 78.9 Å². The van der Waals surface area contributed by atoms with Crippen molar-refractivity contribution < 1.29 is 47.0 Å². The maximum atomic E-state index is 14.6. The number of esters is 3. The van der Waals surface area contributed by atoms with Gasteiger partial charge in [-0.25, -0.2) is 14.0 Å². The van der Waals surface area contributed by atoms with E-state index in [1.807, 2.05) is 48.7 Å². The van der Waals surface area contributed by atoms with Crippen molar-refractivity contribution in [3.63, 3.8) is 0 Å². The lowest BCUT2D eigenvalue weighted by atomic mass is 9.94. The third kappa shape index (κ3) is 10.6. The first kappa shape index (κ1) is 45.0. The highest BCUT2D eigenvalue weighted by atomic mass is 28.4. The minimum Gasteiger partial charge on any atom is -0.469 e. The number of nitrogens with one attached hydrogen (secondary N) is 1. The van der Waals surface area contributed by atoms with E-state index >= 15 is 0 Å². The van der Waals surface area contributed by atoms with E-state index in [2.05, 4.69) is 39.2 Å². The molecule has 0 aliphatic heterocycles. The van der Waals surface area contributed by atoms with Crippen molar-refractivity contribution in [3.05, 3.63) is 113 Å². The van der Waals surface area contributed by atoms with Crippen LogP contribution in [0.5, 0.6) is 0 Å². The molecule has 0 saturated heterocycles. The van der Waals surface area contributed by atoms with Gasteiger partial charge in [-0.2, -0.15) is 0 Å². The summed E-state index contributed by atoms with van der Waals surface area (Å²) in [7, 11) is 1.30. The van der Waals surface area contributed by atoms with Crippen molar-refractivity contribution in [2.45, 2.75) is 84.3 Å². The van der Waals surface area contributed by atoms with Gasteiger partial charge < -0.3 is 28.5 Å². The molecule has 1 aromatic heterocycles. The van der Waals surface area contributed by atoms with Gasteiger partial charge >= 0.3 is 17.9 Å². The minimum absolute atomic E-state index is 0.0163. The summed E-state index contributed by atoms with van der Waals surface area (Å²) in [5.74, 6) is -3.17. The fourth-order valence-corrected chi connectivity index (χ4v) is 7.70. The van der Waals surface area contributed by atoms with Crippen molar-refractivity contribution in [2.75, 3.05) is 21.3 Å². The lowest BCUT2D eigenvalue weighted by Gasteiger charge is -2.39. The Labute approximate surface area is 340 Å². The monoisotopic (exact) mass is 812 g/mol. The molecule has 1 amide bonds. The van der Waals surface area contributed by atoms with E-state index in [-0.39, 0.29) is 53.1 Å². The van der Waals surface area contributed by atoms with Crippen LogP contribution in [-0.4, -0.2) is 69.9 Å². The molecule has 13 heteroatoms. The molecule has 11 nitrogen and oxygen atoms in total. The van der Waals surface area contributed by atoms with Gasteiger partial charge in [-0.05, 0) is 85.1 Å². The molecule has 0 aliphatic carbocycles. The SMILES string of the molecule is COC(=O)C[C@@H](CC(=O)/C=C/c1c(-c2ccc(F)cc2)c(-c2ccccc2)c(C(=O)NCc2ccc(C(=O)OC)c(C(=O)OC)c2)n1C(C)C)O[Si](C)(C)C(C)(C)C. The Bertz CT molecular complexity index is 2170. The molecule has 0 saturated carbocycles. The van der Waals surface area contributed by atoms with Gasteiger partial charge in [0, 0.05) is 30.1 Å². The zero-order chi connectivity index (χ0) is 42.9. The minimum atomic E-state index is -2.40. The molecule has 0 unspecified atom stereocenters. The highest BCUT2D eigenvalue weighted by Gasteiger charge is 2.40. The molecule has 4 rings (SSSR count). The maximum Gasteiger partial charge on any atom is 0.338 e. The van der Waals surface area contributed by atoms with Gasteiger partial charge in [0.15, 0.2) is 14.1 Å². The van der Waals surface area contributed by atoms with Crippen LogP contribution in [0.3, 0.4) is 0 Å². The summed E-state index contributed by atoms with van der Waals surface area (Å²) in [5.41, 5.74) is 3.74. The Hall–Kier alpha value is -5.66. The van der Waals surface area contributed by atoms with Gasteiger partial charge in [-0.1, -0.05) is 69.3 Å². The van der Waals surface area contributed by atoms with Crippen molar-refractivity contribution >= 4 is 44.0 Å². The molecule has 1 heterocycles. The van der Waals surface area contributed by atoms with Crippen molar-refractivity contribution in [2.24, 2.45) is 0 Å². The summed E-state index contributed by atoms with van der Waals surface area (Å²) in [6.45, 7) is 14.1. The predicted octanol–water partition coefficient (Wildman–Crippen LogP) is 8.97. The summed E-state index contributed by atoms with van der Waals surface area (Å²) >= 11 is 0. The number of rotatable bonds is 16. The second-order valence-electron chi connectivity index (χ2n) is 15.7. The number of carbonyl (C=O) groups excluding carboxylic acids is 5. The van der Waals surface area contributed by atoms with E-state index in [9.17, 15) is 28.4 Å². The summed E-state index contributed by atoms with van der Waals surface area (Å²) in [4.78, 5) is 65.9. The topological polar surface area (TPSA) is 139 Å².